The number of fused-ring (bicyclic) bond motifs is 1. The van der Waals surface area contributed by atoms with E-state index in [1.807, 2.05) is 0 Å². The first-order valence-corrected chi connectivity index (χ1v) is 11.3. The number of nitrogens with zero attached hydrogens (tertiary/aromatic N) is 3. The van der Waals surface area contributed by atoms with Crippen molar-refractivity contribution >= 4 is 38.1 Å². The molecule has 0 bridgehead atoms. The maximum absolute atomic E-state index is 14.4. The van der Waals surface area contributed by atoms with Crippen LogP contribution in [-0.4, -0.2) is 42.1 Å². The number of amidine groups is 1. The highest BCUT2D eigenvalue weighted by Crippen LogP contribution is 2.37. The topological polar surface area (TPSA) is 92.9 Å². The van der Waals surface area contributed by atoms with E-state index in [0.29, 0.717) is 16.6 Å². The van der Waals surface area contributed by atoms with Crippen molar-refractivity contribution in [1.82, 2.24) is 0 Å². The van der Waals surface area contributed by atoms with Crippen LogP contribution >= 0.6 is 11.8 Å². The van der Waals surface area contributed by atoms with Gasteiger partial charge >= 0.3 is 0 Å². The van der Waals surface area contributed by atoms with Crippen molar-refractivity contribution in [3.8, 4) is 0 Å². The molecule has 7 nitrogen and oxygen atoms in total. The van der Waals surface area contributed by atoms with Crippen molar-refractivity contribution in [3.63, 3.8) is 0 Å². The Balaban J connectivity index is 1.59. The Morgan fingerprint density at radius 2 is 1.89 bits per heavy atom. The van der Waals surface area contributed by atoms with Crippen molar-refractivity contribution in [2.24, 2.45) is 4.99 Å². The first kappa shape index (κ1) is 18.9. The number of aliphatic imine (C=N–C) groups is 1. The lowest BCUT2D eigenvalue weighted by Crippen LogP contribution is -2.39. The molecule has 0 N–H and O–H groups in total. The third-order valence-corrected chi connectivity index (χ3v) is 7.47. The minimum Gasteiger partial charge on any atom is -0.312 e. The van der Waals surface area contributed by atoms with Gasteiger partial charge in [-0.25, -0.2) is 12.8 Å². The summed E-state index contributed by atoms with van der Waals surface area (Å²) in [5.74, 6) is -0.0500. The Morgan fingerprint density at radius 1 is 1.18 bits per heavy atom. The summed E-state index contributed by atoms with van der Waals surface area (Å²) in [6.07, 6.45) is 0. The summed E-state index contributed by atoms with van der Waals surface area (Å²) in [6.45, 7) is 0. The zero-order valence-corrected chi connectivity index (χ0v) is 16.2. The van der Waals surface area contributed by atoms with Gasteiger partial charge in [0.2, 0.25) is 0 Å². The van der Waals surface area contributed by atoms with Crippen LogP contribution in [0.15, 0.2) is 53.5 Å². The molecule has 2 aliphatic rings. The lowest BCUT2D eigenvalue weighted by Gasteiger charge is -2.26. The fourth-order valence-corrected chi connectivity index (χ4v) is 6.34. The van der Waals surface area contributed by atoms with Crippen LogP contribution in [0.5, 0.6) is 0 Å². The molecule has 2 aromatic carbocycles. The lowest BCUT2D eigenvalue weighted by molar-refractivity contribution is -0.384. The van der Waals surface area contributed by atoms with Gasteiger partial charge in [-0.15, -0.1) is 0 Å². The molecule has 0 aliphatic carbocycles. The van der Waals surface area contributed by atoms with E-state index in [2.05, 4.69) is 4.99 Å². The number of hydrogen-bond donors (Lipinski definition) is 0. The molecule has 2 aromatic rings. The molecule has 0 saturated carbocycles. The van der Waals surface area contributed by atoms with Crippen LogP contribution < -0.4 is 4.90 Å². The molecule has 0 unspecified atom stereocenters. The Kier molecular flexibility index (Phi) is 4.84. The van der Waals surface area contributed by atoms with Gasteiger partial charge in [-0.05, 0) is 17.7 Å². The van der Waals surface area contributed by atoms with Gasteiger partial charge in [0.1, 0.15) is 5.82 Å². The van der Waals surface area contributed by atoms with Crippen molar-refractivity contribution < 1.29 is 17.7 Å². The smallest absolute Gasteiger partial charge is 0.269 e. The third-order valence-electron chi connectivity index (χ3n) is 4.73. The molecule has 2 heterocycles. The van der Waals surface area contributed by atoms with E-state index in [1.54, 1.807) is 35.2 Å². The zero-order chi connectivity index (χ0) is 19.9. The fraction of sp³-hybridized carbons (Fsp3) is 0.278. The number of nitro benzene ring substituents is 1. The number of sulfone groups is 1. The minimum atomic E-state index is -3.21. The first-order valence-electron chi connectivity index (χ1n) is 8.52. The van der Waals surface area contributed by atoms with E-state index in [9.17, 15) is 22.9 Å². The Morgan fingerprint density at radius 3 is 2.57 bits per heavy atom. The molecular weight excluding hydrogens is 405 g/mol. The number of thioether (sulfide) groups is 1. The number of halogens is 1. The minimum absolute atomic E-state index is 0.0136. The second kappa shape index (κ2) is 7.17. The molecule has 28 heavy (non-hydrogen) atoms. The molecule has 2 atom stereocenters. The molecule has 2 aliphatic heterocycles. The highest BCUT2D eigenvalue weighted by molar-refractivity contribution is 8.13. The second-order valence-electron chi connectivity index (χ2n) is 6.66. The average molecular weight is 421 g/mol. The lowest BCUT2D eigenvalue weighted by atomic mass is 10.1. The van der Waals surface area contributed by atoms with Gasteiger partial charge in [0.15, 0.2) is 15.0 Å². The third kappa shape index (κ3) is 3.61. The quantitative estimate of drug-likeness (QED) is 0.557. The number of non-ortho nitro benzene ring substituents is 1. The van der Waals surface area contributed by atoms with Crippen molar-refractivity contribution in [3.05, 3.63) is 70.0 Å². The van der Waals surface area contributed by atoms with Crippen LogP contribution in [0.3, 0.4) is 0 Å². The second-order valence-corrected chi connectivity index (χ2v) is 9.75. The maximum atomic E-state index is 14.4. The Bertz CT molecular complexity index is 1060. The average Bonchev–Trinajstić information content (AvgIpc) is 3.12. The number of nitro groups is 1. The van der Waals surface area contributed by atoms with Crippen LogP contribution in [0.1, 0.15) is 5.56 Å². The molecule has 1 fully saturated rings. The predicted molar refractivity (Wildman–Crippen MR) is 107 cm³/mol. The summed E-state index contributed by atoms with van der Waals surface area (Å²) in [5, 5.41) is 11.3. The van der Waals surface area contributed by atoms with Crippen molar-refractivity contribution in [1.29, 1.82) is 0 Å². The van der Waals surface area contributed by atoms with E-state index in [-0.39, 0.29) is 17.2 Å². The fourth-order valence-electron chi connectivity index (χ4n) is 3.42. The van der Waals surface area contributed by atoms with E-state index in [1.165, 1.54) is 30.0 Å². The first-order chi connectivity index (χ1) is 13.3. The summed E-state index contributed by atoms with van der Waals surface area (Å²) in [7, 11) is -3.21. The molecule has 0 spiro atoms. The zero-order valence-electron chi connectivity index (χ0n) is 14.6. The summed E-state index contributed by atoms with van der Waals surface area (Å²) < 4.78 is 38.5. The van der Waals surface area contributed by atoms with Gasteiger partial charge < -0.3 is 4.90 Å². The van der Waals surface area contributed by atoms with E-state index < -0.39 is 32.7 Å². The number of benzene rings is 2. The highest BCUT2D eigenvalue weighted by atomic mass is 32.2. The largest absolute Gasteiger partial charge is 0.312 e. The molecule has 0 radical (unpaired) electrons. The van der Waals surface area contributed by atoms with Crippen LogP contribution in [0.2, 0.25) is 0 Å². The van der Waals surface area contributed by atoms with Gasteiger partial charge in [-0.3, -0.25) is 15.1 Å². The molecule has 1 saturated heterocycles. The standard InChI is InChI=1S/C18H16FN3O4S2/c19-14-3-1-2-4-16(14)21-17-11-28(25,26)10-15(17)20-18(21)27-9-12-5-7-13(8-6-12)22(23)24/h1-8,15,17H,9-11H2/t15-,17+/m0/s1. The number of para-hydroxylation sites is 1. The number of rotatable bonds is 4. The molecule has 10 heteroatoms. The van der Waals surface area contributed by atoms with Gasteiger partial charge in [0.05, 0.1) is 34.2 Å². The highest BCUT2D eigenvalue weighted by Gasteiger charge is 2.47. The van der Waals surface area contributed by atoms with Crippen LogP contribution in [0.4, 0.5) is 15.8 Å². The van der Waals surface area contributed by atoms with Crippen molar-refractivity contribution in [2.75, 3.05) is 16.4 Å². The van der Waals surface area contributed by atoms with Crippen molar-refractivity contribution in [2.45, 2.75) is 17.8 Å². The molecule has 4 rings (SSSR count). The number of hydrogen-bond acceptors (Lipinski definition) is 7. The molecular formula is C18H16FN3O4S2. The summed E-state index contributed by atoms with van der Waals surface area (Å²) >= 11 is 1.36. The normalized spacial score (nSPS) is 22.8. The van der Waals surface area contributed by atoms with Gasteiger partial charge in [-0.2, -0.15) is 0 Å². The summed E-state index contributed by atoms with van der Waals surface area (Å²) in [4.78, 5) is 16.5. The summed E-state index contributed by atoms with van der Waals surface area (Å²) in [5.41, 5.74) is 1.18. The van der Waals surface area contributed by atoms with Gasteiger partial charge in [0.25, 0.3) is 5.69 Å². The molecule has 0 aromatic heterocycles. The Hall–Kier alpha value is -2.46. The van der Waals surface area contributed by atoms with E-state index >= 15 is 0 Å². The van der Waals surface area contributed by atoms with Gasteiger partial charge in [-0.1, -0.05) is 36.0 Å². The van der Waals surface area contributed by atoms with E-state index in [0.717, 1.165) is 5.56 Å². The number of anilines is 1. The van der Waals surface area contributed by atoms with Gasteiger partial charge in [0, 0.05) is 17.9 Å². The van der Waals surface area contributed by atoms with Crippen LogP contribution in [-0.2, 0) is 15.6 Å². The monoisotopic (exact) mass is 421 g/mol. The van der Waals surface area contributed by atoms with Crippen LogP contribution in [0.25, 0.3) is 0 Å². The van der Waals surface area contributed by atoms with E-state index in [4.69, 9.17) is 0 Å². The molecule has 0 amide bonds. The van der Waals surface area contributed by atoms with Crippen LogP contribution in [0, 0.1) is 15.9 Å². The Labute approximate surface area is 165 Å². The maximum Gasteiger partial charge on any atom is 0.269 e. The predicted octanol–water partition coefficient (Wildman–Crippen LogP) is 3.01. The summed E-state index contributed by atoms with van der Waals surface area (Å²) in [6, 6.07) is 11.6. The SMILES string of the molecule is O=[N+]([O-])c1ccc(CSC2=N[C@H]3CS(=O)(=O)C[C@H]3N2c2ccccc2F)cc1. The molecule has 146 valence electrons.